The number of halogens is 2. The number of nitrogens with zero attached hydrogens (tertiary/aromatic N) is 2. The molecule has 194 valence electrons. The third-order valence-corrected chi connectivity index (χ3v) is 7.46. The molecular weight excluding hydrogens is 500 g/mol. The Hall–Kier alpha value is -3.58. The van der Waals surface area contributed by atoms with Gasteiger partial charge in [0.05, 0.1) is 4.90 Å². The van der Waals surface area contributed by atoms with Crippen LogP contribution in [0.1, 0.15) is 18.4 Å². The van der Waals surface area contributed by atoms with Gasteiger partial charge in [-0.05, 0) is 48.7 Å². The van der Waals surface area contributed by atoms with Crippen LogP contribution in [0.4, 0.5) is 13.6 Å². The van der Waals surface area contributed by atoms with Gasteiger partial charge in [0.1, 0.15) is 17.8 Å². The number of carboxylic acids is 1. The number of carbonyl (C=O) groups is 3. The van der Waals surface area contributed by atoms with Crippen molar-refractivity contribution in [2.45, 2.75) is 36.2 Å². The molecule has 13 heteroatoms. The highest BCUT2D eigenvalue weighted by atomic mass is 32.2. The van der Waals surface area contributed by atoms with Crippen LogP contribution in [0, 0.1) is 11.6 Å². The van der Waals surface area contributed by atoms with Crippen molar-refractivity contribution < 1.29 is 41.4 Å². The summed E-state index contributed by atoms with van der Waals surface area (Å²) in [6.07, 6.45) is -0.248. The van der Waals surface area contributed by atoms with E-state index in [-0.39, 0.29) is 25.1 Å². The van der Waals surface area contributed by atoms with Crippen molar-refractivity contribution in [3.05, 3.63) is 59.7 Å². The van der Waals surface area contributed by atoms with Crippen molar-refractivity contribution in [3.63, 3.8) is 0 Å². The molecular formula is C23H25F2N3O7S. The molecule has 0 aliphatic carbocycles. The van der Waals surface area contributed by atoms with E-state index in [1.807, 2.05) is 0 Å². The van der Waals surface area contributed by atoms with Crippen LogP contribution in [0.15, 0.2) is 47.4 Å². The van der Waals surface area contributed by atoms with E-state index in [2.05, 4.69) is 5.32 Å². The third-order valence-electron chi connectivity index (χ3n) is 5.55. The second-order valence-electron chi connectivity index (χ2n) is 8.36. The first-order valence-electron chi connectivity index (χ1n) is 10.9. The molecule has 0 spiro atoms. The van der Waals surface area contributed by atoms with Gasteiger partial charge in [-0.25, -0.2) is 26.8 Å². The highest BCUT2D eigenvalue weighted by molar-refractivity contribution is 7.89. The van der Waals surface area contributed by atoms with Gasteiger partial charge >= 0.3 is 12.1 Å². The summed E-state index contributed by atoms with van der Waals surface area (Å²) in [7, 11) is -1.30. The van der Waals surface area contributed by atoms with Crippen molar-refractivity contribution >= 4 is 28.0 Å². The van der Waals surface area contributed by atoms with Gasteiger partial charge in [-0.1, -0.05) is 12.1 Å². The topological polar surface area (TPSA) is 133 Å². The standard InChI is InChI=1S/C23H25F2N3O7S/c1-27(2)23(32)35-15-7-5-14(6-8-15)12-19(22(30)31)26-21(29)20-4-3-11-28(20)36(33,34)16-9-10-17(24)18(25)13-16/h5-10,13,19-20H,3-4,11-12H2,1-2H3,(H,26,29)(H,30,31)/t19-,20-/m0/s1. The molecule has 1 fully saturated rings. The number of benzene rings is 2. The molecule has 2 amide bonds. The summed E-state index contributed by atoms with van der Waals surface area (Å²) in [6.45, 7) is -0.0374. The molecule has 36 heavy (non-hydrogen) atoms. The van der Waals surface area contributed by atoms with Crippen LogP contribution < -0.4 is 10.1 Å². The van der Waals surface area contributed by atoms with Crippen molar-refractivity contribution in [1.29, 1.82) is 0 Å². The Morgan fingerprint density at radius 3 is 2.39 bits per heavy atom. The maximum atomic E-state index is 13.6. The number of rotatable bonds is 8. The molecule has 1 aliphatic rings. The zero-order chi connectivity index (χ0) is 26.6. The molecule has 3 rings (SSSR count). The predicted octanol–water partition coefficient (Wildman–Crippen LogP) is 1.99. The zero-order valence-electron chi connectivity index (χ0n) is 19.5. The van der Waals surface area contributed by atoms with E-state index in [4.69, 9.17) is 4.74 Å². The van der Waals surface area contributed by atoms with E-state index < -0.39 is 56.6 Å². The summed E-state index contributed by atoms with van der Waals surface area (Å²) in [5, 5.41) is 12.0. The fourth-order valence-corrected chi connectivity index (χ4v) is 5.32. The van der Waals surface area contributed by atoms with Crippen LogP contribution in [0.5, 0.6) is 5.75 Å². The third kappa shape index (κ3) is 6.15. The highest BCUT2D eigenvalue weighted by Gasteiger charge is 2.40. The SMILES string of the molecule is CN(C)C(=O)Oc1ccc(C[C@H](NC(=O)[C@@H]2CCCN2S(=O)(=O)c2ccc(F)c(F)c2)C(=O)O)cc1. The van der Waals surface area contributed by atoms with E-state index in [0.717, 1.165) is 10.4 Å². The van der Waals surface area contributed by atoms with Crippen molar-refractivity contribution in [1.82, 2.24) is 14.5 Å². The molecule has 1 aliphatic heterocycles. The van der Waals surface area contributed by atoms with Crippen LogP contribution >= 0.6 is 0 Å². The summed E-state index contributed by atoms with van der Waals surface area (Å²) < 4.78 is 58.8. The van der Waals surface area contributed by atoms with Gasteiger partial charge in [0, 0.05) is 27.1 Å². The minimum atomic E-state index is -4.33. The lowest BCUT2D eigenvalue weighted by molar-refractivity contribution is -0.142. The van der Waals surface area contributed by atoms with E-state index in [1.165, 1.54) is 43.3 Å². The summed E-state index contributed by atoms with van der Waals surface area (Å²) in [4.78, 5) is 37.1. The molecule has 2 aromatic rings. The Kier molecular flexibility index (Phi) is 8.25. The zero-order valence-corrected chi connectivity index (χ0v) is 20.3. The van der Waals surface area contributed by atoms with Crippen LogP contribution in [0.2, 0.25) is 0 Å². The molecule has 2 atom stereocenters. The Morgan fingerprint density at radius 1 is 1.14 bits per heavy atom. The summed E-state index contributed by atoms with van der Waals surface area (Å²) >= 11 is 0. The van der Waals surface area contributed by atoms with Gasteiger partial charge in [0.2, 0.25) is 15.9 Å². The largest absolute Gasteiger partial charge is 0.480 e. The van der Waals surface area contributed by atoms with Crippen LogP contribution in [-0.2, 0) is 26.0 Å². The molecule has 2 aromatic carbocycles. The van der Waals surface area contributed by atoms with Gasteiger partial charge < -0.3 is 20.1 Å². The number of sulfonamides is 1. The summed E-state index contributed by atoms with van der Waals surface area (Å²) in [6, 6.07) is 5.57. The minimum absolute atomic E-state index is 0.0374. The minimum Gasteiger partial charge on any atom is -0.480 e. The average molecular weight is 526 g/mol. The first kappa shape index (κ1) is 27.0. The fourth-order valence-electron chi connectivity index (χ4n) is 3.65. The Balaban J connectivity index is 1.71. The number of aliphatic carboxylic acids is 1. The first-order chi connectivity index (χ1) is 16.9. The van der Waals surface area contributed by atoms with Gasteiger partial charge in [-0.15, -0.1) is 0 Å². The lowest BCUT2D eigenvalue weighted by Gasteiger charge is -2.25. The number of carbonyl (C=O) groups excluding carboxylic acids is 2. The van der Waals surface area contributed by atoms with Crippen LogP contribution in [-0.4, -0.2) is 73.4 Å². The lowest BCUT2D eigenvalue weighted by atomic mass is 10.1. The Labute approximate surface area is 206 Å². The molecule has 0 bridgehead atoms. The number of nitrogens with one attached hydrogen (secondary N) is 1. The normalized spacial score (nSPS) is 16.8. The average Bonchev–Trinajstić information content (AvgIpc) is 3.32. The summed E-state index contributed by atoms with van der Waals surface area (Å²) in [5.74, 6) is -4.46. The van der Waals surface area contributed by atoms with E-state index in [9.17, 15) is 36.7 Å². The van der Waals surface area contributed by atoms with Crippen LogP contribution in [0.3, 0.4) is 0 Å². The van der Waals surface area contributed by atoms with Gasteiger partial charge in [0.25, 0.3) is 0 Å². The van der Waals surface area contributed by atoms with E-state index in [1.54, 1.807) is 0 Å². The Bertz CT molecular complexity index is 1250. The maximum Gasteiger partial charge on any atom is 0.414 e. The van der Waals surface area contributed by atoms with Crippen molar-refractivity contribution in [2.75, 3.05) is 20.6 Å². The Morgan fingerprint density at radius 2 is 1.81 bits per heavy atom. The number of hydrogen-bond donors (Lipinski definition) is 2. The molecule has 0 saturated carbocycles. The van der Waals surface area contributed by atoms with Gasteiger partial charge in [0.15, 0.2) is 11.6 Å². The monoisotopic (exact) mass is 525 g/mol. The molecule has 1 heterocycles. The number of carboxylic acid groups (broad SMARTS) is 1. The van der Waals surface area contributed by atoms with Gasteiger partial charge in [-0.2, -0.15) is 4.31 Å². The molecule has 2 N–H and O–H groups in total. The second kappa shape index (κ2) is 11.0. The van der Waals surface area contributed by atoms with E-state index >= 15 is 0 Å². The molecule has 0 radical (unpaired) electrons. The maximum absolute atomic E-state index is 13.6. The molecule has 0 unspecified atom stereocenters. The number of hydrogen-bond acceptors (Lipinski definition) is 6. The highest BCUT2D eigenvalue weighted by Crippen LogP contribution is 2.27. The molecule has 10 nitrogen and oxygen atoms in total. The number of amides is 2. The quantitative estimate of drug-likeness (QED) is 0.539. The van der Waals surface area contributed by atoms with Crippen molar-refractivity contribution in [3.8, 4) is 5.75 Å². The van der Waals surface area contributed by atoms with Crippen LogP contribution in [0.25, 0.3) is 0 Å². The van der Waals surface area contributed by atoms with Gasteiger partial charge in [-0.3, -0.25) is 4.79 Å². The molecule has 1 saturated heterocycles. The molecule has 0 aromatic heterocycles. The van der Waals surface area contributed by atoms with Crippen molar-refractivity contribution in [2.24, 2.45) is 0 Å². The number of ether oxygens (including phenoxy) is 1. The predicted molar refractivity (Wildman–Crippen MR) is 123 cm³/mol. The van der Waals surface area contributed by atoms with E-state index in [0.29, 0.717) is 24.1 Å². The summed E-state index contributed by atoms with van der Waals surface area (Å²) in [5.41, 5.74) is 0.519. The first-order valence-corrected chi connectivity index (χ1v) is 12.3. The smallest absolute Gasteiger partial charge is 0.414 e. The second-order valence-corrected chi connectivity index (χ2v) is 10.3. The lowest BCUT2D eigenvalue weighted by Crippen LogP contribution is -2.51. The fraction of sp³-hybridized carbons (Fsp3) is 0.348.